The minimum atomic E-state index is -1.56. The van der Waals surface area contributed by atoms with Crippen molar-refractivity contribution in [3.63, 3.8) is 0 Å². The number of hydrogen-bond acceptors (Lipinski definition) is 6. The lowest BCUT2D eigenvalue weighted by molar-refractivity contribution is 0.103. The molecule has 0 aliphatic carbocycles. The summed E-state index contributed by atoms with van der Waals surface area (Å²) in [6, 6.07) is 3.77. The number of nitrogens with one attached hydrogen (secondary N) is 2. The van der Waals surface area contributed by atoms with Crippen molar-refractivity contribution in [2.75, 3.05) is 10.5 Å². The summed E-state index contributed by atoms with van der Waals surface area (Å²) in [6.07, 6.45) is 11.6. The van der Waals surface area contributed by atoms with Crippen LogP contribution in [0, 0.1) is 11.6 Å². The number of hydrogen-bond donors (Lipinski definition) is 2. The second kappa shape index (κ2) is 9.74. The van der Waals surface area contributed by atoms with Crippen LogP contribution in [0.4, 0.5) is 14.5 Å². The molecule has 0 aliphatic rings. The number of anilines is 1. The Bertz CT molecular complexity index is 1580. The molecule has 9 nitrogen and oxygen atoms in total. The highest BCUT2D eigenvalue weighted by Crippen LogP contribution is 2.29. The van der Waals surface area contributed by atoms with E-state index in [1.54, 1.807) is 47.9 Å². The minimum Gasteiger partial charge on any atom is -0.345 e. The van der Waals surface area contributed by atoms with Crippen LogP contribution in [0.2, 0.25) is 0 Å². The first-order chi connectivity index (χ1) is 17.5. The van der Waals surface area contributed by atoms with Crippen LogP contribution >= 0.6 is 0 Å². The van der Waals surface area contributed by atoms with Crippen LogP contribution in [0.1, 0.15) is 29.3 Å². The van der Waals surface area contributed by atoms with E-state index in [0.717, 1.165) is 12.1 Å². The van der Waals surface area contributed by atoms with E-state index in [1.807, 2.05) is 6.92 Å². The number of ketones is 1. The molecular formula is C24H19F2N7O2S. The van der Waals surface area contributed by atoms with Crippen LogP contribution in [0.3, 0.4) is 0 Å². The third-order valence-corrected chi connectivity index (χ3v) is 6.64. The van der Waals surface area contributed by atoms with Gasteiger partial charge in [-0.25, -0.2) is 32.9 Å². The van der Waals surface area contributed by atoms with Gasteiger partial charge in [0.05, 0.1) is 11.3 Å². The molecule has 182 valence electrons. The van der Waals surface area contributed by atoms with Crippen LogP contribution in [0.15, 0.2) is 61.7 Å². The van der Waals surface area contributed by atoms with E-state index >= 15 is 4.39 Å². The number of nitrogens with zero attached hydrogens (tertiary/aromatic N) is 5. The fourth-order valence-electron chi connectivity index (χ4n) is 3.66. The predicted octanol–water partition coefficient (Wildman–Crippen LogP) is 4.20. The van der Waals surface area contributed by atoms with Gasteiger partial charge in [0.25, 0.3) is 0 Å². The van der Waals surface area contributed by atoms with Crippen molar-refractivity contribution in [2.24, 2.45) is 0 Å². The first-order valence-corrected chi connectivity index (χ1v) is 12.2. The second-order valence-electron chi connectivity index (χ2n) is 7.83. The molecule has 4 aromatic heterocycles. The molecule has 1 aromatic carbocycles. The number of carbonyl (C=O) groups is 1. The normalized spacial score (nSPS) is 12.1. The zero-order chi connectivity index (χ0) is 25.2. The lowest BCUT2D eigenvalue weighted by Gasteiger charge is -2.10. The first kappa shape index (κ1) is 23.4. The van der Waals surface area contributed by atoms with Gasteiger partial charge < -0.3 is 9.71 Å². The summed E-state index contributed by atoms with van der Waals surface area (Å²) in [7, 11) is -1.56. The number of aromatic nitrogens is 6. The van der Waals surface area contributed by atoms with Gasteiger partial charge in [-0.15, -0.1) is 0 Å². The third-order valence-electron chi connectivity index (χ3n) is 5.41. The van der Waals surface area contributed by atoms with Crippen molar-refractivity contribution in [3.05, 3.63) is 84.5 Å². The van der Waals surface area contributed by atoms with Crippen molar-refractivity contribution < 1.29 is 17.8 Å². The molecule has 0 fully saturated rings. The highest BCUT2D eigenvalue weighted by Gasteiger charge is 2.25. The Morgan fingerprint density at radius 2 is 1.92 bits per heavy atom. The van der Waals surface area contributed by atoms with Gasteiger partial charge in [-0.3, -0.25) is 9.36 Å². The first-order valence-electron chi connectivity index (χ1n) is 10.9. The Morgan fingerprint density at radius 3 is 2.64 bits per heavy atom. The van der Waals surface area contributed by atoms with E-state index in [4.69, 9.17) is 0 Å². The zero-order valence-electron chi connectivity index (χ0n) is 18.9. The lowest BCUT2D eigenvalue weighted by Crippen LogP contribution is -2.13. The summed E-state index contributed by atoms with van der Waals surface area (Å²) >= 11 is 0. The van der Waals surface area contributed by atoms with Crippen molar-refractivity contribution in [2.45, 2.75) is 13.3 Å². The number of benzene rings is 1. The molecule has 1 atom stereocenters. The van der Waals surface area contributed by atoms with Crippen molar-refractivity contribution in [3.8, 4) is 17.1 Å². The minimum absolute atomic E-state index is 0.0416. The largest absolute Gasteiger partial charge is 0.345 e. The van der Waals surface area contributed by atoms with Gasteiger partial charge in [0.15, 0.2) is 5.82 Å². The van der Waals surface area contributed by atoms with Gasteiger partial charge in [0.1, 0.15) is 28.8 Å². The van der Waals surface area contributed by atoms with Crippen LogP contribution in [-0.4, -0.2) is 45.2 Å². The van der Waals surface area contributed by atoms with Crippen LogP contribution in [0.25, 0.3) is 28.1 Å². The number of fused-ring (bicyclic) bond motifs is 1. The number of H-pyrrole nitrogens is 1. The van der Waals surface area contributed by atoms with Gasteiger partial charge >= 0.3 is 0 Å². The number of carbonyl (C=O) groups excluding carboxylic acids is 1. The van der Waals surface area contributed by atoms with Gasteiger partial charge in [-0.2, -0.15) is 0 Å². The zero-order valence-corrected chi connectivity index (χ0v) is 19.7. The molecule has 0 saturated carbocycles. The van der Waals surface area contributed by atoms with Crippen LogP contribution in [0.5, 0.6) is 0 Å². The topological polar surface area (TPSA) is 118 Å². The highest BCUT2D eigenvalue weighted by atomic mass is 32.2. The third kappa shape index (κ3) is 4.38. The maximum absolute atomic E-state index is 15.2. The fraction of sp³-hybridized carbons (Fsp3) is 0.125. The standard InChI is InChI=1S/C24H19F2N7O2S/c1-2-7-36(35)32-19-4-3-18(25)20(21(19)26)22(34)17-12-29-23-16(17)8-14(9-28-23)15-10-30-24(31-11-15)33-6-5-27-13-33/h3-6,8-13,32H,2,7H2,1H3,(H,28,29). The number of pyridine rings is 1. The van der Waals surface area contributed by atoms with Crippen molar-refractivity contribution in [1.29, 1.82) is 0 Å². The maximum Gasteiger partial charge on any atom is 0.234 e. The molecule has 5 rings (SSSR count). The molecule has 1 unspecified atom stereocenters. The SMILES string of the molecule is CCCS(=O)Nc1ccc(F)c(C(=O)c2c[nH]c3ncc(-c4cnc(-n5ccnc5)nc4)cc23)c1F. The molecule has 0 amide bonds. The Hall–Kier alpha value is -4.32. The predicted molar refractivity (Wildman–Crippen MR) is 131 cm³/mol. The van der Waals surface area contributed by atoms with E-state index in [9.17, 15) is 13.4 Å². The molecule has 12 heteroatoms. The van der Waals surface area contributed by atoms with Gasteiger partial charge in [0, 0.05) is 65.0 Å². The van der Waals surface area contributed by atoms with Crippen LogP contribution < -0.4 is 4.72 Å². The Balaban J connectivity index is 1.50. The summed E-state index contributed by atoms with van der Waals surface area (Å²) in [6.45, 7) is 1.83. The highest BCUT2D eigenvalue weighted by molar-refractivity contribution is 7.86. The number of aromatic amines is 1. The van der Waals surface area contributed by atoms with E-state index in [2.05, 4.69) is 29.6 Å². The molecule has 4 heterocycles. The van der Waals surface area contributed by atoms with Gasteiger partial charge in [0.2, 0.25) is 11.7 Å². The Labute approximate surface area is 206 Å². The lowest BCUT2D eigenvalue weighted by atomic mass is 10.0. The number of rotatable bonds is 8. The van der Waals surface area contributed by atoms with Crippen molar-refractivity contribution >= 4 is 33.5 Å². The quantitative estimate of drug-likeness (QED) is 0.304. The van der Waals surface area contributed by atoms with E-state index in [1.165, 1.54) is 6.20 Å². The summed E-state index contributed by atoms with van der Waals surface area (Å²) in [5.41, 5.74) is 0.708. The second-order valence-corrected chi connectivity index (χ2v) is 9.13. The molecule has 36 heavy (non-hydrogen) atoms. The van der Waals surface area contributed by atoms with Crippen LogP contribution in [-0.2, 0) is 11.0 Å². The Kier molecular flexibility index (Phi) is 6.34. The maximum atomic E-state index is 15.2. The number of halogens is 2. The smallest absolute Gasteiger partial charge is 0.234 e. The van der Waals surface area contributed by atoms with E-state index < -0.39 is 34.0 Å². The molecule has 0 radical (unpaired) electrons. The fourth-order valence-corrected chi connectivity index (χ4v) is 4.54. The molecule has 2 N–H and O–H groups in total. The van der Waals surface area contributed by atoms with Gasteiger partial charge in [-0.05, 0) is 24.6 Å². The molecule has 0 saturated heterocycles. The molecule has 5 aromatic rings. The monoisotopic (exact) mass is 507 g/mol. The number of imidazole rings is 1. The van der Waals surface area contributed by atoms with Crippen molar-refractivity contribution in [1.82, 2.24) is 29.5 Å². The summed E-state index contributed by atoms with van der Waals surface area (Å²) in [5, 5.41) is 0.378. The van der Waals surface area contributed by atoms with E-state index in [-0.39, 0.29) is 17.0 Å². The van der Waals surface area contributed by atoms with Gasteiger partial charge in [-0.1, -0.05) is 6.92 Å². The summed E-state index contributed by atoms with van der Waals surface area (Å²) < 4.78 is 46.0. The van der Waals surface area contributed by atoms with E-state index in [0.29, 0.717) is 34.5 Å². The summed E-state index contributed by atoms with van der Waals surface area (Å²) in [4.78, 5) is 33.1. The molecule has 0 bridgehead atoms. The Morgan fingerprint density at radius 1 is 1.14 bits per heavy atom. The molecule has 0 spiro atoms. The average molecular weight is 508 g/mol. The molecular weight excluding hydrogens is 488 g/mol. The average Bonchev–Trinajstić information content (AvgIpc) is 3.56. The molecule has 0 aliphatic heterocycles. The summed E-state index contributed by atoms with van der Waals surface area (Å²) in [5.74, 6) is -2.28.